The predicted molar refractivity (Wildman–Crippen MR) is 102 cm³/mol. The van der Waals surface area contributed by atoms with Gasteiger partial charge in [-0.1, -0.05) is 60.2 Å². The minimum atomic E-state index is -1.84. The Balaban J connectivity index is 2.08. The number of halogens is 2. The molecule has 2 aromatic rings. The lowest BCUT2D eigenvalue weighted by Gasteiger charge is -2.21. The molecule has 0 radical (unpaired) electrons. The van der Waals surface area contributed by atoms with Crippen molar-refractivity contribution in [1.29, 1.82) is 0 Å². The molecular formula is C21H21F2N3. The van der Waals surface area contributed by atoms with Gasteiger partial charge in [0.25, 0.3) is 6.08 Å². The molecule has 1 aliphatic rings. The van der Waals surface area contributed by atoms with Crippen LogP contribution in [0.3, 0.4) is 0 Å². The van der Waals surface area contributed by atoms with Crippen molar-refractivity contribution in [2.24, 2.45) is 9.98 Å². The van der Waals surface area contributed by atoms with Gasteiger partial charge in [-0.3, -0.25) is 0 Å². The fraction of sp³-hybridized carbons (Fsp3) is 0.238. The predicted octanol–water partition coefficient (Wildman–Crippen LogP) is 5.02. The van der Waals surface area contributed by atoms with E-state index in [1.54, 1.807) is 0 Å². The molecule has 0 spiro atoms. The van der Waals surface area contributed by atoms with Gasteiger partial charge in [-0.05, 0) is 19.8 Å². The van der Waals surface area contributed by atoms with Gasteiger partial charge in [-0.25, -0.2) is 9.98 Å². The van der Waals surface area contributed by atoms with Crippen LogP contribution in [0.4, 0.5) is 8.78 Å². The van der Waals surface area contributed by atoms with Crippen molar-refractivity contribution < 1.29 is 8.78 Å². The average Bonchev–Trinajstić information content (AvgIpc) is 3.18. The van der Waals surface area contributed by atoms with E-state index in [0.29, 0.717) is 11.8 Å². The van der Waals surface area contributed by atoms with E-state index in [1.807, 2.05) is 61.5 Å². The highest BCUT2D eigenvalue weighted by Crippen LogP contribution is 2.16. The van der Waals surface area contributed by atoms with Crippen molar-refractivity contribution >= 4 is 11.7 Å². The maximum Gasteiger partial charge on any atom is 0.288 e. The average molecular weight is 353 g/mol. The van der Waals surface area contributed by atoms with Crippen molar-refractivity contribution in [2.75, 3.05) is 13.1 Å². The maximum absolute atomic E-state index is 12.6. The smallest absolute Gasteiger partial charge is 0.288 e. The lowest BCUT2D eigenvalue weighted by atomic mass is 10.1. The lowest BCUT2D eigenvalue weighted by Crippen LogP contribution is -2.29. The number of rotatable bonds is 3. The summed E-state index contributed by atoms with van der Waals surface area (Å²) in [5, 5.41) is 0. The summed E-state index contributed by atoms with van der Waals surface area (Å²) in [7, 11) is 0. The van der Waals surface area contributed by atoms with E-state index in [-0.39, 0.29) is 5.84 Å². The van der Waals surface area contributed by atoms with Crippen LogP contribution in [0.5, 0.6) is 0 Å². The summed E-state index contributed by atoms with van der Waals surface area (Å²) in [5.74, 6) is 1.05. The van der Waals surface area contributed by atoms with Crippen molar-refractivity contribution in [3.8, 4) is 0 Å². The van der Waals surface area contributed by atoms with Crippen LogP contribution in [0.2, 0.25) is 0 Å². The normalized spacial score (nSPS) is 15.3. The monoisotopic (exact) mass is 353 g/mol. The summed E-state index contributed by atoms with van der Waals surface area (Å²) >= 11 is 0. The quantitative estimate of drug-likeness (QED) is 0.562. The molecule has 0 aliphatic carbocycles. The molecule has 0 amide bonds. The summed E-state index contributed by atoms with van der Waals surface area (Å²) < 4.78 is 25.2. The number of amidine groups is 2. The first-order valence-corrected chi connectivity index (χ1v) is 8.68. The Morgan fingerprint density at radius 3 is 2.19 bits per heavy atom. The molecule has 3 rings (SSSR count). The molecule has 134 valence electrons. The molecule has 0 unspecified atom stereocenters. The largest absolute Gasteiger partial charge is 0.356 e. The Morgan fingerprint density at radius 1 is 0.923 bits per heavy atom. The molecule has 0 aromatic heterocycles. The number of aryl methyl sites for hydroxylation is 1. The van der Waals surface area contributed by atoms with Crippen LogP contribution in [-0.4, -0.2) is 29.7 Å². The lowest BCUT2D eigenvalue weighted by molar-refractivity contribution is 0.419. The molecule has 1 heterocycles. The molecular weight excluding hydrogens is 332 g/mol. The number of hydrogen-bond donors (Lipinski definition) is 0. The summed E-state index contributed by atoms with van der Waals surface area (Å²) in [5.41, 5.74) is 2.83. The molecule has 3 nitrogen and oxygen atoms in total. The zero-order valence-corrected chi connectivity index (χ0v) is 14.7. The van der Waals surface area contributed by atoms with E-state index in [0.717, 1.165) is 42.9 Å². The van der Waals surface area contributed by atoms with E-state index in [9.17, 15) is 8.78 Å². The minimum Gasteiger partial charge on any atom is -0.356 e. The molecule has 26 heavy (non-hydrogen) atoms. The van der Waals surface area contributed by atoms with Gasteiger partial charge < -0.3 is 4.90 Å². The van der Waals surface area contributed by atoms with Crippen LogP contribution in [0.1, 0.15) is 29.5 Å². The van der Waals surface area contributed by atoms with Gasteiger partial charge in [-0.2, -0.15) is 8.78 Å². The van der Waals surface area contributed by atoms with Crippen LogP contribution in [0.25, 0.3) is 0 Å². The van der Waals surface area contributed by atoms with E-state index >= 15 is 0 Å². The molecule has 0 bridgehead atoms. The van der Waals surface area contributed by atoms with Gasteiger partial charge in [-0.15, -0.1) is 0 Å². The van der Waals surface area contributed by atoms with Crippen molar-refractivity contribution in [2.45, 2.75) is 19.8 Å². The number of benzene rings is 2. The topological polar surface area (TPSA) is 28.0 Å². The molecule has 0 saturated carbocycles. The Morgan fingerprint density at radius 2 is 1.58 bits per heavy atom. The number of nitrogens with zero attached hydrogens (tertiary/aromatic N) is 3. The SMILES string of the molecule is Cc1ccc(C(=NC(=NC=C(F)F)c2ccccc2)N2CCCC2)cc1. The van der Waals surface area contributed by atoms with Gasteiger partial charge in [0.15, 0.2) is 5.84 Å². The van der Waals surface area contributed by atoms with Gasteiger partial charge in [0.05, 0.1) is 6.20 Å². The van der Waals surface area contributed by atoms with Gasteiger partial charge in [0.2, 0.25) is 0 Å². The second-order valence-corrected chi connectivity index (χ2v) is 6.23. The highest BCUT2D eigenvalue weighted by atomic mass is 19.3. The van der Waals surface area contributed by atoms with Gasteiger partial charge in [0, 0.05) is 24.2 Å². The first-order valence-electron chi connectivity index (χ1n) is 8.68. The number of hydrogen-bond acceptors (Lipinski definition) is 1. The van der Waals surface area contributed by atoms with Crippen LogP contribution in [0.15, 0.2) is 76.9 Å². The Hall–Kier alpha value is -2.82. The third kappa shape index (κ3) is 4.63. The Kier molecular flexibility index (Phi) is 5.89. The Labute approximate surface area is 152 Å². The molecule has 0 atom stereocenters. The van der Waals surface area contributed by atoms with Crippen molar-refractivity contribution in [3.63, 3.8) is 0 Å². The standard InChI is InChI=1S/C21H21F2N3/c1-16-9-11-18(12-10-16)21(26-13-5-6-14-26)25-20(24-15-19(22)23)17-7-3-2-4-8-17/h2-4,7-12,15H,5-6,13-14H2,1H3. The van der Waals surface area contributed by atoms with Crippen molar-refractivity contribution in [1.82, 2.24) is 4.90 Å². The minimum absolute atomic E-state index is 0.279. The Bertz CT molecular complexity index is 814. The number of likely N-dealkylation sites (tertiary alicyclic amines) is 1. The molecule has 1 aliphatic heterocycles. The molecule has 2 aromatic carbocycles. The maximum atomic E-state index is 12.6. The summed E-state index contributed by atoms with van der Waals surface area (Å²) in [6, 6.07) is 17.3. The fourth-order valence-corrected chi connectivity index (χ4v) is 2.91. The third-order valence-corrected chi connectivity index (χ3v) is 4.24. The van der Waals surface area contributed by atoms with Crippen LogP contribution in [0, 0.1) is 6.92 Å². The highest BCUT2D eigenvalue weighted by Gasteiger charge is 2.19. The van der Waals surface area contributed by atoms with Crippen LogP contribution in [-0.2, 0) is 0 Å². The van der Waals surface area contributed by atoms with E-state index in [2.05, 4.69) is 9.89 Å². The molecule has 0 N–H and O–H groups in total. The second kappa shape index (κ2) is 8.52. The van der Waals surface area contributed by atoms with E-state index < -0.39 is 6.08 Å². The van der Waals surface area contributed by atoms with E-state index in [4.69, 9.17) is 4.99 Å². The summed E-state index contributed by atoms with van der Waals surface area (Å²) in [4.78, 5) is 10.8. The molecule has 1 fully saturated rings. The van der Waals surface area contributed by atoms with Gasteiger partial charge >= 0.3 is 0 Å². The highest BCUT2D eigenvalue weighted by molar-refractivity contribution is 6.11. The zero-order chi connectivity index (χ0) is 18.4. The molecule has 1 saturated heterocycles. The first-order chi connectivity index (χ1) is 12.6. The second-order valence-electron chi connectivity index (χ2n) is 6.23. The summed E-state index contributed by atoms with van der Waals surface area (Å²) in [6.45, 7) is 3.84. The van der Waals surface area contributed by atoms with Crippen LogP contribution >= 0.6 is 0 Å². The number of aliphatic imine (C=N–C) groups is 2. The summed E-state index contributed by atoms with van der Waals surface area (Å²) in [6.07, 6.45) is 0.915. The van der Waals surface area contributed by atoms with Gasteiger partial charge in [0.1, 0.15) is 5.84 Å². The first kappa shape index (κ1) is 18.0. The fourth-order valence-electron chi connectivity index (χ4n) is 2.91. The molecule has 5 heteroatoms. The van der Waals surface area contributed by atoms with Crippen LogP contribution < -0.4 is 0 Å². The third-order valence-electron chi connectivity index (χ3n) is 4.24. The van der Waals surface area contributed by atoms with E-state index in [1.165, 1.54) is 0 Å². The van der Waals surface area contributed by atoms with Crippen molar-refractivity contribution in [3.05, 3.63) is 83.6 Å². The zero-order valence-electron chi connectivity index (χ0n) is 14.7.